The molecule has 0 saturated heterocycles. The highest BCUT2D eigenvalue weighted by atomic mass is 32.2. The number of methoxy groups -OCH3 is 3. The maximum absolute atomic E-state index is 13.8. The minimum Gasteiger partial charge on any atom is -0.493 e. The molecule has 2 aliphatic rings. The van der Waals surface area contributed by atoms with Crippen LogP contribution in [0, 0.1) is 5.41 Å². The summed E-state index contributed by atoms with van der Waals surface area (Å²) in [7, 11) is 4.74. The maximum atomic E-state index is 13.8. The molecule has 1 atom stereocenters. The van der Waals surface area contributed by atoms with Gasteiger partial charge in [0, 0.05) is 22.1 Å². The third-order valence-corrected chi connectivity index (χ3v) is 10.9. The summed E-state index contributed by atoms with van der Waals surface area (Å²) in [4.78, 5) is 28.8. The molecule has 6 nitrogen and oxygen atoms in total. The van der Waals surface area contributed by atoms with E-state index in [1.54, 1.807) is 27.4 Å². The Morgan fingerprint density at radius 1 is 0.904 bits per heavy atom. The minimum atomic E-state index is -0.687. The van der Waals surface area contributed by atoms with Gasteiger partial charge in [0.2, 0.25) is 5.75 Å². The molecule has 52 heavy (non-hydrogen) atoms. The summed E-state index contributed by atoms with van der Waals surface area (Å²) in [5.74, 6) is 1.00. The van der Waals surface area contributed by atoms with Gasteiger partial charge in [-0.15, -0.1) is 0 Å². The monoisotopic (exact) mass is 718 g/mol. The molecule has 7 heteroatoms. The second-order valence-corrected chi connectivity index (χ2v) is 15.2. The molecule has 0 amide bonds. The van der Waals surface area contributed by atoms with Gasteiger partial charge >= 0.3 is 5.97 Å². The van der Waals surface area contributed by atoms with Crippen LogP contribution in [0.15, 0.2) is 128 Å². The molecule has 3 aromatic rings. The zero-order valence-corrected chi connectivity index (χ0v) is 32.4. The lowest BCUT2D eigenvalue weighted by molar-refractivity contribution is -0.143. The fraction of sp³-hybridized carbons (Fsp3) is 0.333. The number of carbonyl (C=O) groups excluding carboxylic acids is 1. The van der Waals surface area contributed by atoms with Crippen LogP contribution in [0.2, 0.25) is 0 Å². The normalized spacial score (nSPS) is 17.4. The van der Waals surface area contributed by atoms with E-state index in [2.05, 4.69) is 39.8 Å². The van der Waals surface area contributed by atoms with E-state index in [0.717, 1.165) is 39.2 Å². The molecule has 0 spiro atoms. The summed E-state index contributed by atoms with van der Waals surface area (Å²) in [5, 5.41) is 0. The molecule has 5 rings (SSSR count). The Hall–Kier alpha value is -4.75. The summed E-state index contributed by atoms with van der Waals surface area (Å²) in [5.41, 5.74) is 7.87. The predicted molar refractivity (Wildman–Crippen MR) is 212 cm³/mol. The molecule has 0 N–H and O–H groups in total. The molecule has 3 aromatic carbocycles. The van der Waals surface area contributed by atoms with Gasteiger partial charge in [-0.05, 0) is 111 Å². The van der Waals surface area contributed by atoms with Gasteiger partial charge in [0.1, 0.15) is 6.10 Å². The Morgan fingerprint density at radius 2 is 1.65 bits per heavy atom. The van der Waals surface area contributed by atoms with Crippen LogP contribution in [-0.2, 0) is 16.0 Å². The summed E-state index contributed by atoms with van der Waals surface area (Å²) >= 11 is 1.40. The Kier molecular flexibility index (Phi) is 12.7. The fourth-order valence-corrected chi connectivity index (χ4v) is 7.97. The highest BCUT2D eigenvalue weighted by Gasteiger charge is 2.31. The van der Waals surface area contributed by atoms with E-state index >= 15 is 0 Å². The standard InChI is InChI=1S/C45H50O6S/c1-29(19-22-36-31(3)16-13-25-45(36,4)5)14-12-15-30(2)26-41(47)51-38-23-20-32-27-39(48-6)43(49-7)44(50-8)42(32)34-21-24-40(37(46)28-35(34)38)52-33-17-10-9-11-18-33/h9-12,14-15,17-19,21-22,24,26-28,38H,13,16,20,23,25H2,1-8H3/b15-12+,22-19+,29-14+,30-26+/t38-/m1/s1. The van der Waals surface area contributed by atoms with E-state index in [1.165, 1.54) is 41.8 Å². The molecule has 0 heterocycles. The predicted octanol–water partition coefficient (Wildman–Crippen LogP) is 11.0. The van der Waals surface area contributed by atoms with Gasteiger partial charge in [-0.1, -0.05) is 91.4 Å². The number of hydrogen-bond donors (Lipinski definition) is 0. The molecule has 0 bridgehead atoms. The number of esters is 1. The van der Waals surface area contributed by atoms with Crippen LogP contribution in [0.1, 0.15) is 77.5 Å². The lowest BCUT2D eigenvalue weighted by Crippen LogP contribution is -2.19. The lowest BCUT2D eigenvalue weighted by Gasteiger charge is -2.32. The van der Waals surface area contributed by atoms with Gasteiger partial charge in [0.15, 0.2) is 16.9 Å². The quantitative estimate of drug-likeness (QED) is 0.111. The second-order valence-electron chi connectivity index (χ2n) is 14.1. The third-order valence-electron chi connectivity index (χ3n) is 9.79. The molecule has 0 unspecified atom stereocenters. The van der Waals surface area contributed by atoms with E-state index in [4.69, 9.17) is 18.9 Å². The van der Waals surface area contributed by atoms with Crippen LogP contribution in [0.5, 0.6) is 17.2 Å². The van der Waals surface area contributed by atoms with Crippen LogP contribution in [-0.4, -0.2) is 27.3 Å². The molecule has 272 valence electrons. The summed E-state index contributed by atoms with van der Waals surface area (Å²) in [6, 6.07) is 17.1. The van der Waals surface area contributed by atoms with Crippen molar-refractivity contribution in [2.24, 2.45) is 5.41 Å². The summed E-state index contributed by atoms with van der Waals surface area (Å²) in [6.07, 6.45) is 15.7. The molecule has 0 aromatic heterocycles. The van der Waals surface area contributed by atoms with Crippen molar-refractivity contribution in [2.45, 2.75) is 82.6 Å². The number of aryl methyl sites for hydroxylation is 1. The van der Waals surface area contributed by atoms with Gasteiger partial charge < -0.3 is 18.9 Å². The fourth-order valence-electron chi connectivity index (χ4n) is 7.13. The van der Waals surface area contributed by atoms with Crippen LogP contribution in [0.4, 0.5) is 0 Å². The lowest BCUT2D eigenvalue weighted by atomic mass is 9.72. The molecule has 0 radical (unpaired) electrons. The topological polar surface area (TPSA) is 71.1 Å². The van der Waals surface area contributed by atoms with Gasteiger partial charge in [-0.3, -0.25) is 4.79 Å². The van der Waals surface area contributed by atoms with Crippen LogP contribution < -0.4 is 19.6 Å². The van der Waals surface area contributed by atoms with Crippen molar-refractivity contribution < 1.29 is 23.7 Å². The minimum absolute atomic E-state index is 0.164. The first-order chi connectivity index (χ1) is 24.9. The number of carbonyl (C=O) groups is 1. The molecular formula is C45H50O6S. The zero-order chi connectivity index (χ0) is 37.4. The summed E-state index contributed by atoms with van der Waals surface area (Å²) in [6.45, 7) is 10.8. The van der Waals surface area contributed by atoms with E-state index in [9.17, 15) is 9.59 Å². The Labute approximate surface area is 312 Å². The third kappa shape index (κ3) is 8.99. The number of allylic oxidation sites excluding steroid dienone is 9. The largest absolute Gasteiger partial charge is 0.493 e. The first kappa shape index (κ1) is 38.5. The molecular weight excluding hydrogens is 669 g/mol. The molecule has 2 aliphatic carbocycles. The first-order valence-electron chi connectivity index (χ1n) is 17.8. The van der Waals surface area contributed by atoms with Crippen LogP contribution in [0.3, 0.4) is 0 Å². The Morgan fingerprint density at radius 3 is 2.35 bits per heavy atom. The van der Waals surface area contributed by atoms with Crippen molar-refractivity contribution in [3.63, 3.8) is 0 Å². The maximum Gasteiger partial charge on any atom is 0.331 e. The number of rotatable bonds is 11. The smallest absolute Gasteiger partial charge is 0.331 e. The van der Waals surface area contributed by atoms with E-state index in [0.29, 0.717) is 40.5 Å². The highest BCUT2D eigenvalue weighted by molar-refractivity contribution is 7.99. The average Bonchev–Trinajstić information content (AvgIpc) is 3.35. The van der Waals surface area contributed by atoms with Gasteiger partial charge in [-0.25, -0.2) is 4.79 Å². The van der Waals surface area contributed by atoms with E-state index in [-0.39, 0.29) is 10.8 Å². The van der Waals surface area contributed by atoms with Gasteiger partial charge in [0.05, 0.1) is 26.2 Å². The van der Waals surface area contributed by atoms with Crippen molar-refractivity contribution in [3.05, 3.63) is 135 Å². The van der Waals surface area contributed by atoms with E-state index < -0.39 is 12.1 Å². The zero-order valence-electron chi connectivity index (χ0n) is 31.6. The van der Waals surface area contributed by atoms with Crippen molar-refractivity contribution in [2.75, 3.05) is 21.3 Å². The second kappa shape index (κ2) is 17.2. The number of benzene rings is 2. The van der Waals surface area contributed by atoms with Gasteiger partial charge in [0.25, 0.3) is 0 Å². The number of fused-ring (bicyclic) bond motifs is 3. The number of hydrogen-bond acceptors (Lipinski definition) is 7. The Balaban J connectivity index is 1.45. The Bertz CT molecular complexity index is 2020. The number of ether oxygens (including phenoxy) is 4. The van der Waals surface area contributed by atoms with Crippen molar-refractivity contribution in [3.8, 4) is 28.4 Å². The van der Waals surface area contributed by atoms with Crippen molar-refractivity contribution >= 4 is 17.7 Å². The highest BCUT2D eigenvalue weighted by Crippen LogP contribution is 2.51. The SMILES string of the molecule is COc1cc2c(c(OC)c1OC)-c1ccc(Sc3ccccc3)c(=O)cc1[C@H](OC(=O)/C=C(C)/C=C/C=C(C)/C=C/C1=C(C)CCCC1(C)C)CC2. The van der Waals surface area contributed by atoms with Crippen LogP contribution >= 0.6 is 11.8 Å². The van der Waals surface area contributed by atoms with Crippen LogP contribution in [0.25, 0.3) is 11.1 Å². The van der Waals surface area contributed by atoms with E-state index in [1.807, 2.05) is 73.7 Å². The van der Waals surface area contributed by atoms with Crippen molar-refractivity contribution in [1.82, 2.24) is 0 Å². The molecule has 0 aliphatic heterocycles. The van der Waals surface area contributed by atoms with Gasteiger partial charge in [-0.2, -0.15) is 0 Å². The first-order valence-corrected chi connectivity index (χ1v) is 18.6. The molecule has 0 fully saturated rings. The average molecular weight is 719 g/mol. The van der Waals surface area contributed by atoms with Crippen molar-refractivity contribution in [1.29, 1.82) is 0 Å². The summed E-state index contributed by atoms with van der Waals surface area (Å²) < 4.78 is 23.5. The molecule has 0 saturated carbocycles.